The van der Waals surface area contributed by atoms with Crippen LogP contribution in [0, 0.1) is 0 Å². The molecule has 0 bridgehead atoms. The third-order valence-electron chi connectivity index (χ3n) is 4.32. The lowest BCUT2D eigenvalue weighted by atomic mass is 10.1. The van der Waals surface area contributed by atoms with Gasteiger partial charge >= 0.3 is 0 Å². The number of nitrogens with zero attached hydrogens (tertiary/aromatic N) is 5. The molecule has 0 radical (unpaired) electrons. The number of nitrogens with two attached hydrogens (primary N) is 1. The molecule has 0 aliphatic carbocycles. The summed E-state index contributed by atoms with van der Waals surface area (Å²) in [5.41, 5.74) is 9.07. The maximum absolute atomic E-state index is 11.9. The second kappa shape index (κ2) is 5.76. The summed E-state index contributed by atoms with van der Waals surface area (Å²) in [6, 6.07) is 5.28. The van der Waals surface area contributed by atoms with Crippen molar-refractivity contribution >= 4 is 33.8 Å². The minimum Gasteiger partial charge on any atom is -0.383 e. The molecule has 1 amide bonds. The number of imidazole rings is 1. The molecule has 27 heavy (non-hydrogen) atoms. The predicted octanol–water partition coefficient (Wildman–Crippen LogP) is 2.07. The highest BCUT2D eigenvalue weighted by atomic mass is 16.1. The molecule has 0 aliphatic rings. The fourth-order valence-electron chi connectivity index (χ4n) is 3.02. The van der Waals surface area contributed by atoms with Crippen LogP contribution in [-0.4, -0.2) is 42.7 Å². The number of aromatic amines is 1. The molecule has 138 valence electrons. The lowest BCUT2D eigenvalue weighted by molar-refractivity contribution is 0.0963. The number of hydrogen-bond donors (Lipinski definition) is 3. The third-order valence-corrected chi connectivity index (χ3v) is 4.32. The summed E-state index contributed by atoms with van der Waals surface area (Å²) in [5.74, 6) is 0.735. The summed E-state index contributed by atoms with van der Waals surface area (Å²) in [5, 5.41) is 7.99. The van der Waals surface area contributed by atoms with E-state index in [2.05, 4.69) is 25.3 Å². The molecular weight excluding hydrogens is 344 g/mol. The molecule has 0 saturated heterocycles. The number of anilines is 1. The van der Waals surface area contributed by atoms with E-state index in [4.69, 9.17) is 10.8 Å². The Labute approximate surface area is 155 Å². The minimum atomic E-state index is -0.296. The number of hydrogen-bond acceptors (Lipinski definition) is 6. The van der Waals surface area contributed by atoms with Gasteiger partial charge < -0.3 is 16.0 Å². The number of nitrogen functional groups attached to an aromatic ring is 1. The first kappa shape index (κ1) is 17.0. The van der Waals surface area contributed by atoms with Gasteiger partial charge in [-0.2, -0.15) is 5.10 Å². The van der Waals surface area contributed by atoms with Crippen molar-refractivity contribution < 1.29 is 4.79 Å². The average Bonchev–Trinajstić information content (AvgIpc) is 3.21. The van der Waals surface area contributed by atoms with Crippen LogP contribution >= 0.6 is 0 Å². The fraction of sp³-hybridized carbons (Fsp3) is 0.278. The summed E-state index contributed by atoms with van der Waals surface area (Å²) in [6.45, 7) is 6.11. The number of benzene rings is 1. The molecule has 4 rings (SSSR count). The van der Waals surface area contributed by atoms with Crippen molar-refractivity contribution in [2.24, 2.45) is 0 Å². The molecule has 0 aliphatic heterocycles. The Balaban J connectivity index is 1.96. The second-order valence-corrected chi connectivity index (χ2v) is 7.29. The number of carbonyl (C=O) groups excluding carboxylic acids is 1. The second-order valence-electron chi connectivity index (χ2n) is 7.29. The lowest BCUT2D eigenvalue weighted by Gasteiger charge is -2.19. The third kappa shape index (κ3) is 2.67. The van der Waals surface area contributed by atoms with E-state index >= 15 is 0 Å². The number of fused-ring (bicyclic) bond motifs is 2. The number of H-pyrrole nitrogens is 1. The van der Waals surface area contributed by atoms with Crippen molar-refractivity contribution in [3.8, 4) is 11.5 Å². The van der Waals surface area contributed by atoms with E-state index in [1.54, 1.807) is 25.2 Å². The maximum atomic E-state index is 11.9. The molecule has 9 nitrogen and oxygen atoms in total. The van der Waals surface area contributed by atoms with Gasteiger partial charge in [-0.1, -0.05) is 0 Å². The highest BCUT2D eigenvalue weighted by molar-refractivity contribution is 6.00. The van der Waals surface area contributed by atoms with Crippen LogP contribution in [0.4, 0.5) is 5.82 Å². The van der Waals surface area contributed by atoms with Crippen molar-refractivity contribution in [3.05, 3.63) is 30.1 Å². The summed E-state index contributed by atoms with van der Waals surface area (Å²) in [4.78, 5) is 28.2. The van der Waals surface area contributed by atoms with Crippen LogP contribution < -0.4 is 11.1 Å². The van der Waals surface area contributed by atoms with Crippen LogP contribution in [0.2, 0.25) is 0 Å². The Morgan fingerprint density at radius 2 is 2.04 bits per heavy atom. The molecular formula is C18H20N8O. The van der Waals surface area contributed by atoms with Gasteiger partial charge in [-0.05, 0) is 39.0 Å². The molecule has 0 unspecified atom stereocenters. The lowest BCUT2D eigenvalue weighted by Crippen LogP contribution is -2.23. The minimum absolute atomic E-state index is 0.159. The van der Waals surface area contributed by atoms with E-state index in [-0.39, 0.29) is 11.4 Å². The standard InChI is InChI=1S/C18H20N8O/c1-18(2,3)26-16-12(14(19)21-8-22-16)13(25-26)15-23-10-6-5-9(17(27)20-4)7-11(10)24-15/h5-8H,1-4H3,(H,20,27)(H,23,24)(H2,19,21,22). The molecule has 4 aromatic rings. The highest BCUT2D eigenvalue weighted by Gasteiger charge is 2.25. The molecule has 3 heterocycles. The Morgan fingerprint density at radius 3 is 2.74 bits per heavy atom. The van der Waals surface area contributed by atoms with Gasteiger partial charge in [-0.3, -0.25) is 4.79 Å². The molecule has 0 spiro atoms. The van der Waals surface area contributed by atoms with E-state index in [0.717, 1.165) is 11.0 Å². The molecule has 3 aromatic heterocycles. The van der Waals surface area contributed by atoms with E-state index in [1.807, 2.05) is 25.5 Å². The van der Waals surface area contributed by atoms with Gasteiger partial charge in [-0.25, -0.2) is 19.6 Å². The molecule has 0 atom stereocenters. The van der Waals surface area contributed by atoms with Crippen molar-refractivity contribution in [1.82, 2.24) is 35.0 Å². The van der Waals surface area contributed by atoms with E-state index in [1.165, 1.54) is 6.33 Å². The quantitative estimate of drug-likeness (QED) is 0.499. The number of rotatable bonds is 2. The Morgan fingerprint density at radius 1 is 1.26 bits per heavy atom. The zero-order valence-electron chi connectivity index (χ0n) is 15.5. The van der Waals surface area contributed by atoms with Crippen molar-refractivity contribution in [3.63, 3.8) is 0 Å². The number of amides is 1. The first-order chi connectivity index (χ1) is 12.8. The van der Waals surface area contributed by atoms with Crippen molar-refractivity contribution in [2.45, 2.75) is 26.3 Å². The normalized spacial score (nSPS) is 12.0. The van der Waals surface area contributed by atoms with Crippen LogP contribution in [-0.2, 0) is 5.54 Å². The van der Waals surface area contributed by atoms with Gasteiger partial charge in [0.2, 0.25) is 0 Å². The largest absolute Gasteiger partial charge is 0.383 e. The van der Waals surface area contributed by atoms with Crippen LogP contribution in [0.25, 0.3) is 33.6 Å². The first-order valence-electron chi connectivity index (χ1n) is 8.51. The zero-order chi connectivity index (χ0) is 19.3. The van der Waals surface area contributed by atoms with Crippen molar-refractivity contribution in [2.75, 3.05) is 12.8 Å². The van der Waals surface area contributed by atoms with Gasteiger partial charge in [0, 0.05) is 12.6 Å². The monoisotopic (exact) mass is 364 g/mol. The van der Waals surface area contributed by atoms with E-state index in [9.17, 15) is 4.79 Å². The summed E-state index contributed by atoms with van der Waals surface area (Å²) in [7, 11) is 1.60. The topological polar surface area (TPSA) is 127 Å². The van der Waals surface area contributed by atoms with Crippen LogP contribution in [0.5, 0.6) is 0 Å². The SMILES string of the molecule is CNC(=O)c1ccc2nc(-c3nn(C(C)(C)C)c4ncnc(N)c34)[nH]c2c1. The van der Waals surface area contributed by atoms with Gasteiger partial charge in [0.05, 0.1) is 22.0 Å². The fourth-order valence-corrected chi connectivity index (χ4v) is 3.02. The number of nitrogens with one attached hydrogen (secondary N) is 2. The highest BCUT2D eigenvalue weighted by Crippen LogP contribution is 2.32. The molecule has 0 fully saturated rings. The molecule has 1 aromatic carbocycles. The predicted molar refractivity (Wildman–Crippen MR) is 103 cm³/mol. The zero-order valence-corrected chi connectivity index (χ0v) is 15.5. The summed E-state index contributed by atoms with van der Waals surface area (Å²) >= 11 is 0. The van der Waals surface area contributed by atoms with E-state index in [0.29, 0.717) is 33.9 Å². The van der Waals surface area contributed by atoms with Gasteiger partial charge in [0.15, 0.2) is 11.5 Å². The average molecular weight is 364 g/mol. The van der Waals surface area contributed by atoms with E-state index < -0.39 is 0 Å². The smallest absolute Gasteiger partial charge is 0.251 e. The number of aromatic nitrogens is 6. The van der Waals surface area contributed by atoms with Gasteiger partial charge in [-0.15, -0.1) is 0 Å². The van der Waals surface area contributed by atoms with Crippen LogP contribution in [0.3, 0.4) is 0 Å². The Bertz CT molecular complexity index is 1180. The summed E-state index contributed by atoms with van der Waals surface area (Å²) in [6.07, 6.45) is 1.43. The Kier molecular flexibility index (Phi) is 3.62. The van der Waals surface area contributed by atoms with Gasteiger partial charge in [0.25, 0.3) is 5.91 Å². The molecule has 9 heteroatoms. The number of carbonyl (C=O) groups is 1. The summed E-state index contributed by atoms with van der Waals surface area (Å²) < 4.78 is 1.82. The molecule has 4 N–H and O–H groups in total. The van der Waals surface area contributed by atoms with Crippen LogP contribution in [0.1, 0.15) is 31.1 Å². The van der Waals surface area contributed by atoms with Crippen LogP contribution in [0.15, 0.2) is 24.5 Å². The van der Waals surface area contributed by atoms with Crippen molar-refractivity contribution in [1.29, 1.82) is 0 Å². The Hall–Kier alpha value is -3.49. The maximum Gasteiger partial charge on any atom is 0.251 e. The first-order valence-corrected chi connectivity index (χ1v) is 8.51. The van der Waals surface area contributed by atoms with Gasteiger partial charge in [0.1, 0.15) is 17.8 Å². The molecule has 0 saturated carbocycles.